The zero-order valence-electron chi connectivity index (χ0n) is 10.2. The Morgan fingerprint density at radius 2 is 2.00 bits per heavy atom. The molecular formula is C11H10BrClIN5. The van der Waals surface area contributed by atoms with Crippen molar-refractivity contribution in [1.82, 2.24) is 15.0 Å². The van der Waals surface area contributed by atoms with Gasteiger partial charge in [-0.15, -0.1) is 0 Å². The summed E-state index contributed by atoms with van der Waals surface area (Å²) in [7, 11) is 3.69. The Balaban J connectivity index is 2.35. The third kappa shape index (κ3) is 3.90. The van der Waals surface area contributed by atoms with Crippen molar-refractivity contribution >= 4 is 67.7 Å². The normalized spacial score (nSPS) is 10.4. The first-order valence-electron chi connectivity index (χ1n) is 5.26. The predicted molar refractivity (Wildman–Crippen MR) is 89.3 cm³/mol. The van der Waals surface area contributed by atoms with E-state index in [9.17, 15) is 0 Å². The van der Waals surface area contributed by atoms with Crippen molar-refractivity contribution in [1.29, 1.82) is 0 Å². The van der Waals surface area contributed by atoms with Crippen molar-refractivity contribution in [3.05, 3.63) is 31.5 Å². The minimum Gasteiger partial charge on any atom is -0.347 e. The maximum absolute atomic E-state index is 5.89. The molecule has 0 atom stereocenters. The lowest BCUT2D eigenvalue weighted by Gasteiger charge is -2.12. The summed E-state index contributed by atoms with van der Waals surface area (Å²) >= 11 is 11.6. The Labute approximate surface area is 138 Å². The topological polar surface area (TPSA) is 53.9 Å². The molecule has 5 nitrogen and oxygen atoms in total. The van der Waals surface area contributed by atoms with Gasteiger partial charge in [-0.1, -0.05) is 15.9 Å². The van der Waals surface area contributed by atoms with Crippen LogP contribution in [0.4, 0.5) is 17.6 Å². The van der Waals surface area contributed by atoms with E-state index in [4.69, 9.17) is 11.6 Å². The molecule has 2 rings (SSSR count). The number of hydrogen-bond acceptors (Lipinski definition) is 5. The van der Waals surface area contributed by atoms with Crippen molar-refractivity contribution in [2.75, 3.05) is 24.3 Å². The lowest BCUT2D eigenvalue weighted by Crippen LogP contribution is -2.14. The van der Waals surface area contributed by atoms with E-state index >= 15 is 0 Å². The number of benzene rings is 1. The summed E-state index contributed by atoms with van der Waals surface area (Å²) in [6.45, 7) is 0. The molecule has 0 amide bonds. The third-order valence-electron chi connectivity index (χ3n) is 2.17. The van der Waals surface area contributed by atoms with E-state index in [0.717, 1.165) is 13.7 Å². The van der Waals surface area contributed by atoms with E-state index < -0.39 is 0 Å². The first-order valence-corrected chi connectivity index (χ1v) is 7.51. The van der Waals surface area contributed by atoms with E-state index in [1.54, 1.807) is 4.90 Å². The van der Waals surface area contributed by atoms with Gasteiger partial charge >= 0.3 is 0 Å². The third-order valence-corrected chi connectivity index (χ3v) is 3.77. The van der Waals surface area contributed by atoms with Gasteiger partial charge in [0.1, 0.15) is 0 Å². The highest BCUT2D eigenvalue weighted by Crippen LogP contribution is 2.25. The summed E-state index contributed by atoms with van der Waals surface area (Å²) in [6.07, 6.45) is 0. The Hall–Kier alpha value is -0.670. The second-order valence-electron chi connectivity index (χ2n) is 3.87. The van der Waals surface area contributed by atoms with Crippen LogP contribution >= 0.6 is 50.1 Å². The second-order valence-corrected chi connectivity index (χ2v) is 6.29. The second kappa shape index (κ2) is 6.19. The fraction of sp³-hybridized carbons (Fsp3) is 0.182. The number of nitrogens with one attached hydrogen (secondary N) is 1. The molecular weight excluding hydrogens is 444 g/mol. The maximum Gasteiger partial charge on any atom is 0.233 e. The molecule has 0 aliphatic carbocycles. The van der Waals surface area contributed by atoms with E-state index in [-0.39, 0.29) is 5.28 Å². The van der Waals surface area contributed by atoms with Crippen molar-refractivity contribution in [3.8, 4) is 0 Å². The fourth-order valence-corrected chi connectivity index (χ4v) is 2.30. The standard InChI is InChI=1S/C11H10BrClIN5/c1-19(2)11-17-9(13)16-10(18-11)15-8-5-6(12)3-4-7(8)14/h3-5H,1-2H3,(H,15,16,17,18). The van der Waals surface area contributed by atoms with Gasteiger partial charge in [-0.25, -0.2) is 0 Å². The molecule has 0 spiro atoms. The van der Waals surface area contributed by atoms with Gasteiger partial charge in [0, 0.05) is 22.1 Å². The minimum atomic E-state index is 0.159. The van der Waals surface area contributed by atoms with Crippen molar-refractivity contribution in [3.63, 3.8) is 0 Å². The molecule has 0 radical (unpaired) electrons. The zero-order valence-corrected chi connectivity index (χ0v) is 14.7. The van der Waals surface area contributed by atoms with Crippen LogP contribution in [0.25, 0.3) is 0 Å². The van der Waals surface area contributed by atoms with Crippen LogP contribution in [0.5, 0.6) is 0 Å². The molecule has 1 heterocycles. The Bertz CT molecular complexity index is 608. The predicted octanol–water partition coefficient (Wildman–Crippen LogP) is 3.70. The Morgan fingerprint density at radius 3 is 2.68 bits per heavy atom. The molecule has 0 saturated carbocycles. The summed E-state index contributed by atoms with van der Waals surface area (Å²) in [5, 5.41) is 3.30. The molecule has 0 aliphatic rings. The summed E-state index contributed by atoms with van der Waals surface area (Å²) in [5.41, 5.74) is 0.905. The molecule has 8 heteroatoms. The smallest absolute Gasteiger partial charge is 0.233 e. The number of nitrogens with zero attached hydrogens (tertiary/aromatic N) is 4. The van der Waals surface area contributed by atoms with E-state index in [1.165, 1.54) is 0 Å². The number of anilines is 3. The molecule has 0 aliphatic heterocycles. The maximum atomic E-state index is 5.89. The molecule has 1 N–H and O–H groups in total. The van der Waals surface area contributed by atoms with Crippen molar-refractivity contribution < 1.29 is 0 Å². The highest BCUT2D eigenvalue weighted by molar-refractivity contribution is 14.1. The summed E-state index contributed by atoms with van der Waals surface area (Å²) in [4.78, 5) is 14.2. The van der Waals surface area contributed by atoms with Crippen LogP contribution in [-0.4, -0.2) is 29.0 Å². The first-order chi connectivity index (χ1) is 8.95. The van der Waals surface area contributed by atoms with Crippen molar-refractivity contribution in [2.24, 2.45) is 0 Å². The number of hydrogen-bond donors (Lipinski definition) is 1. The van der Waals surface area contributed by atoms with Crippen LogP contribution in [0.1, 0.15) is 0 Å². The summed E-state index contributed by atoms with van der Waals surface area (Å²) in [5.74, 6) is 0.923. The molecule has 2 aromatic rings. The molecule has 0 fully saturated rings. The number of aromatic nitrogens is 3. The van der Waals surface area contributed by atoms with E-state index in [0.29, 0.717) is 11.9 Å². The van der Waals surface area contributed by atoms with E-state index in [1.807, 2.05) is 32.3 Å². The Morgan fingerprint density at radius 1 is 1.26 bits per heavy atom. The molecule has 19 heavy (non-hydrogen) atoms. The van der Waals surface area contributed by atoms with E-state index in [2.05, 4.69) is 58.8 Å². The average Bonchev–Trinajstić information content (AvgIpc) is 2.33. The summed E-state index contributed by atoms with van der Waals surface area (Å²) in [6, 6.07) is 5.91. The minimum absolute atomic E-state index is 0.159. The molecule has 1 aromatic carbocycles. The van der Waals surface area contributed by atoms with Gasteiger partial charge in [-0.3, -0.25) is 0 Å². The highest BCUT2D eigenvalue weighted by Gasteiger charge is 2.08. The molecule has 1 aromatic heterocycles. The zero-order chi connectivity index (χ0) is 14.0. The fourth-order valence-electron chi connectivity index (χ4n) is 1.31. The molecule has 100 valence electrons. The van der Waals surface area contributed by atoms with Crippen LogP contribution in [0.15, 0.2) is 22.7 Å². The highest BCUT2D eigenvalue weighted by atomic mass is 127. The van der Waals surface area contributed by atoms with Crippen molar-refractivity contribution in [2.45, 2.75) is 0 Å². The Kier molecular flexibility index (Phi) is 4.80. The number of halogens is 3. The monoisotopic (exact) mass is 453 g/mol. The van der Waals surface area contributed by atoms with Crippen LogP contribution in [0.2, 0.25) is 5.28 Å². The van der Waals surface area contributed by atoms with Gasteiger partial charge in [-0.2, -0.15) is 15.0 Å². The van der Waals surface area contributed by atoms with Gasteiger partial charge in [0.05, 0.1) is 5.69 Å². The van der Waals surface area contributed by atoms with Crippen LogP contribution in [-0.2, 0) is 0 Å². The van der Waals surface area contributed by atoms with Gasteiger partial charge in [-0.05, 0) is 52.4 Å². The lowest BCUT2D eigenvalue weighted by molar-refractivity contribution is 0.961. The average molecular weight is 454 g/mol. The van der Waals surface area contributed by atoms with Crippen LogP contribution < -0.4 is 10.2 Å². The van der Waals surface area contributed by atoms with Gasteiger partial charge in [0.25, 0.3) is 0 Å². The SMILES string of the molecule is CN(C)c1nc(Cl)nc(Nc2cc(Br)ccc2I)n1. The first kappa shape index (κ1) is 14.7. The number of rotatable bonds is 3. The van der Waals surface area contributed by atoms with Crippen LogP contribution in [0, 0.1) is 3.57 Å². The summed E-state index contributed by atoms with van der Waals surface area (Å²) < 4.78 is 2.03. The molecule has 0 saturated heterocycles. The lowest BCUT2D eigenvalue weighted by atomic mass is 10.3. The quantitative estimate of drug-likeness (QED) is 0.717. The molecule has 0 bridgehead atoms. The van der Waals surface area contributed by atoms with Gasteiger partial charge in [0.15, 0.2) is 0 Å². The van der Waals surface area contributed by atoms with Gasteiger partial charge in [0.2, 0.25) is 17.2 Å². The molecule has 0 unspecified atom stereocenters. The largest absolute Gasteiger partial charge is 0.347 e. The van der Waals surface area contributed by atoms with Gasteiger partial charge < -0.3 is 10.2 Å². The van der Waals surface area contributed by atoms with Crippen LogP contribution in [0.3, 0.4) is 0 Å².